The molecule has 0 radical (unpaired) electrons. The number of aromatic amines is 1. The van der Waals surface area contributed by atoms with Gasteiger partial charge in [0.2, 0.25) is 0 Å². The van der Waals surface area contributed by atoms with Gasteiger partial charge in [-0.05, 0) is 94.4 Å². The monoisotopic (exact) mass is 445 g/mol. The van der Waals surface area contributed by atoms with Crippen LogP contribution in [0.4, 0.5) is 0 Å². The lowest BCUT2D eigenvalue weighted by Crippen LogP contribution is -2.45. The Hall–Kier alpha value is -2.33. The van der Waals surface area contributed by atoms with Crippen LogP contribution in [0.15, 0.2) is 41.5 Å². The number of rotatable bonds is 6. The van der Waals surface area contributed by atoms with E-state index in [2.05, 4.69) is 60.3 Å². The SMILES string of the molecule is CC(=C/C1CC1)/C=C(\C)CN1CCC(NC(=O)c2ccc3[nH]c4c(c3c2)CC(C)CC4)CC1. The van der Waals surface area contributed by atoms with Crippen molar-refractivity contribution >= 4 is 16.8 Å². The van der Waals surface area contributed by atoms with E-state index in [0.29, 0.717) is 0 Å². The fourth-order valence-corrected chi connectivity index (χ4v) is 5.71. The van der Waals surface area contributed by atoms with Crippen LogP contribution in [0.3, 0.4) is 0 Å². The average Bonchev–Trinajstić information content (AvgIpc) is 3.52. The van der Waals surface area contributed by atoms with E-state index >= 15 is 0 Å². The van der Waals surface area contributed by atoms with Gasteiger partial charge < -0.3 is 10.3 Å². The van der Waals surface area contributed by atoms with Crippen molar-refractivity contribution in [2.24, 2.45) is 11.8 Å². The Morgan fingerprint density at radius 3 is 2.70 bits per heavy atom. The number of aromatic nitrogens is 1. The minimum absolute atomic E-state index is 0.0751. The van der Waals surface area contributed by atoms with Gasteiger partial charge in [-0.2, -0.15) is 0 Å². The number of carbonyl (C=O) groups is 1. The van der Waals surface area contributed by atoms with Crippen molar-refractivity contribution in [2.45, 2.75) is 71.8 Å². The molecule has 3 aliphatic rings. The molecule has 1 amide bonds. The molecule has 1 saturated heterocycles. The minimum atomic E-state index is 0.0751. The van der Waals surface area contributed by atoms with Crippen LogP contribution in [-0.4, -0.2) is 41.5 Å². The van der Waals surface area contributed by atoms with E-state index in [-0.39, 0.29) is 11.9 Å². The van der Waals surface area contributed by atoms with Crippen molar-refractivity contribution < 1.29 is 4.79 Å². The molecular formula is C29H39N3O. The first kappa shape index (κ1) is 22.5. The predicted octanol–water partition coefficient (Wildman–Crippen LogP) is 5.79. The number of hydrogen-bond donors (Lipinski definition) is 2. The minimum Gasteiger partial charge on any atom is -0.358 e. The number of piperidine rings is 1. The Morgan fingerprint density at radius 2 is 1.94 bits per heavy atom. The molecule has 2 aliphatic carbocycles. The summed E-state index contributed by atoms with van der Waals surface area (Å²) in [5, 5.41) is 4.56. The summed E-state index contributed by atoms with van der Waals surface area (Å²) in [5.74, 6) is 1.63. The van der Waals surface area contributed by atoms with Crippen LogP contribution < -0.4 is 5.32 Å². The van der Waals surface area contributed by atoms with Crippen LogP contribution >= 0.6 is 0 Å². The fourth-order valence-electron chi connectivity index (χ4n) is 5.71. The highest BCUT2D eigenvalue weighted by Crippen LogP contribution is 2.33. The molecule has 1 aromatic carbocycles. The van der Waals surface area contributed by atoms with Gasteiger partial charge in [-0.1, -0.05) is 30.2 Å². The normalized spacial score (nSPS) is 23.1. The molecule has 1 atom stereocenters. The van der Waals surface area contributed by atoms with Crippen molar-refractivity contribution in [2.75, 3.05) is 19.6 Å². The summed E-state index contributed by atoms with van der Waals surface area (Å²) in [7, 11) is 0. The van der Waals surface area contributed by atoms with Gasteiger partial charge >= 0.3 is 0 Å². The molecule has 5 rings (SSSR count). The quantitative estimate of drug-likeness (QED) is 0.553. The molecule has 2 heterocycles. The average molecular weight is 446 g/mol. The van der Waals surface area contributed by atoms with Crippen LogP contribution in [0.2, 0.25) is 0 Å². The molecule has 4 heteroatoms. The maximum Gasteiger partial charge on any atom is 0.251 e. The van der Waals surface area contributed by atoms with E-state index < -0.39 is 0 Å². The Morgan fingerprint density at radius 1 is 1.15 bits per heavy atom. The van der Waals surface area contributed by atoms with E-state index in [1.165, 1.54) is 52.6 Å². The van der Waals surface area contributed by atoms with Crippen LogP contribution in [0.1, 0.15) is 74.5 Å². The van der Waals surface area contributed by atoms with E-state index in [1.807, 2.05) is 6.07 Å². The molecule has 1 aromatic heterocycles. The highest BCUT2D eigenvalue weighted by Gasteiger charge is 2.23. The van der Waals surface area contributed by atoms with Crippen LogP contribution in [0, 0.1) is 11.8 Å². The van der Waals surface area contributed by atoms with Crippen molar-refractivity contribution in [1.82, 2.24) is 15.2 Å². The van der Waals surface area contributed by atoms with Gasteiger partial charge in [-0.15, -0.1) is 0 Å². The number of aryl methyl sites for hydroxylation is 1. The highest BCUT2D eigenvalue weighted by molar-refractivity contribution is 5.99. The van der Waals surface area contributed by atoms with Crippen molar-refractivity contribution in [3.63, 3.8) is 0 Å². The molecule has 2 N–H and O–H groups in total. The largest absolute Gasteiger partial charge is 0.358 e. The Bertz CT molecular complexity index is 1080. The van der Waals surface area contributed by atoms with Crippen molar-refractivity contribution in [3.05, 3.63) is 58.3 Å². The summed E-state index contributed by atoms with van der Waals surface area (Å²) >= 11 is 0. The molecule has 1 saturated carbocycles. The summed E-state index contributed by atoms with van der Waals surface area (Å²) in [6.45, 7) is 9.92. The maximum atomic E-state index is 13.0. The first-order valence-electron chi connectivity index (χ1n) is 13.0. The van der Waals surface area contributed by atoms with Gasteiger partial charge in [0.05, 0.1) is 0 Å². The van der Waals surface area contributed by atoms with Gasteiger partial charge in [-0.3, -0.25) is 9.69 Å². The number of hydrogen-bond acceptors (Lipinski definition) is 2. The summed E-state index contributed by atoms with van der Waals surface area (Å²) < 4.78 is 0. The number of H-pyrrole nitrogens is 1. The fraction of sp³-hybridized carbons (Fsp3) is 0.552. The zero-order valence-electron chi connectivity index (χ0n) is 20.5. The first-order valence-corrected chi connectivity index (χ1v) is 13.0. The number of nitrogens with zero attached hydrogens (tertiary/aromatic N) is 1. The first-order chi connectivity index (χ1) is 15.9. The Labute approximate surface area is 198 Å². The number of nitrogens with one attached hydrogen (secondary N) is 2. The van der Waals surface area contributed by atoms with E-state index in [9.17, 15) is 4.79 Å². The summed E-state index contributed by atoms with van der Waals surface area (Å²) in [4.78, 5) is 19.1. The van der Waals surface area contributed by atoms with Gasteiger partial charge in [0.25, 0.3) is 5.91 Å². The third-order valence-corrected chi connectivity index (χ3v) is 7.69. The number of fused-ring (bicyclic) bond motifs is 3. The molecule has 0 bridgehead atoms. The zero-order valence-corrected chi connectivity index (χ0v) is 20.5. The van der Waals surface area contributed by atoms with E-state index in [1.54, 1.807) is 0 Å². The number of amides is 1. The number of benzene rings is 1. The van der Waals surface area contributed by atoms with E-state index in [0.717, 1.165) is 62.7 Å². The lowest BCUT2D eigenvalue weighted by Gasteiger charge is -2.32. The Balaban J connectivity index is 1.15. The molecule has 176 valence electrons. The molecule has 4 nitrogen and oxygen atoms in total. The number of likely N-dealkylation sites (tertiary alicyclic amines) is 1. The molecule has 1 unspecified atom stereocenters. The highest BCUT2D eigenvalue weighted by atomic mass is 16.1. The third kappa shape index (κ3) is 5.43. The van der Waals surface area contributed by atoms with Crippen LogP contribution in [0.5, 0.6) is 0 Å². The van der Waals surface area contributed by atoms with Crippen molar-refractivity contribution in [3.8, 4) is 0 Å². The molecule has 0 spiro atoms. The second-order valence-corrected chi connectivity index (χ2v) is 11.0. The summed E-state index contributed by atoms with van der Waals surface area (Å²) in [6.07, 6.45) is 13.0. The topological polar surface area (TPSA) is 48.1 Å². The second kappa shape index (κ2) is 9.50. The third-order valence-electron chi connectivity index (χ3n) is 7.69. The van der Waals surface area contributed by atoms with Gasteiger partial charge in [-0.25, -0.2) is 0 Å². The maximum absolute atomic E-state index is 13.0. The van der Waals surface area contributed by atoms with Crippen molar-refractivity contribution in [1.29, 1.82) is 0 Å². The number of carbonyl (C=O) groups excluding carboxylic acids is 1. The number of allylic oxidation sites excluding steroid dienone is 3. The van der Waals surface area contributed by atoms with Gasteiger partial charge in [0, 0.05) is 47.8 Å². The summed E-state index contributed by atoms with van der Waals surface area (Å²) in [6, 6.07) is 6.44. The van der Waals surface area contributed by atoms with Gasteiger partial charge in [0.15, 0.2) is 0 Å². The Kier molecular flexibility index (Phi) is 6.47. The zero-order chi connectivity index (χ0) is 22.9. The van der Waals surface area contributed by atoms with Crippen LogP contribution in [0.25, 0.3) is 10.9 Å². The van der Waals surface area contributed by atoms with E-state index in [4.69, 9.17) is 0 Å². The predicted molar refractivity (Wildman–Crippen MR) is 137 cm³/mol. The molecular weight excluding hydrogens is 406 g/mol. The molecule has 1 aliphatic heterocycles. The van der Waals surface area contributed by atoms with Crippen LogP contribution in [-0.2, 0) is 12.8 Å². The standard InChI is InChI=1S/C29H39N3O/c1-19-4-8-27-25(16-19)26-17-23(7-9-28(26)31-27)29(33)30-24-10-12-32(13-11-24)18-21(3)14-20(2)15-22-5-6-22/h7,9,14-15,17,19,22,24,31H,4-6,8,10-13,16,18H2,1-3H3,(H,30,33)/b20-15-,21-14+. The van der Waals surface area contributed by atoms with Gasteiger partial charge in [0.1, 0.15) is 0 Å². The summed E-state index contributed by atoms with van der Waals surface area (Å²) in [5.41, 5.74) is 7.61. The molecule has 2 aromatic rings. The lowest BCUT2D eigenvalue weighted by atomic mass is 9.87. The second-order valence-electron chi connectivity index (χ2n) is 11.0. The smallest absolute Gasteiger partial charge is 0.251 e. The molecule has 33 heavy (non-hydrogen) atoms. The lowest BCUT2D eigenvalue weighted by molar-refractivity contribution is 0.0913. The molecule has 2 fully saturated rings.